The third-order valence-electron chi connectivity index (χ3n) is 3.28. The second-order valence-corrected chi connectivity index (χ2v) is 9.07. The van der Waals surface area contributed by atoms with E-state index in [9.17, 15) is 8.42 Å². The van der Waals surface area contributed by atoms with Crippen LogP contribution >= 0.6 is 27.3 Å². The van der Waals surface area contributed by atoms with Crippen LogP contribution in [0.1, 0.15) is 11.5 Å². The number of hydrogen-bond donors (Lipinski definition) is 0. The Kier molecular flexibility index (Phi) is 5.14. The van der Waals surface area contributed by atoms with Crippen LogP contribution in [0.5, 0.6) is 0 Å². The maximum Gasteiger partial charge on any atom is 0.242 e. The van der Waals surface area contributed by atoms with E-state index in [4.69, 9.17) is 4.52 Å². The van der Waals surface area contributed by atoms with Crippen LogP contribution in [-0.4, -0.2) is 29.9 Å². The summed E-state index contributed by atoms with van der Waals surface area (Å²) in [5.74, 6) is 0.644. The molecular weight excluding hydrogens is 414 g/mol. The molecule has 0 aliphatic carbocycles. The summed E-state index contributed by atoms with van der Waals surface area (Å²) in [5, 5.41) is 5.80. The predicted molar refractivity (Wildman–Crippen MR) is 95.8 cm³/mol. The lowest BCUT2D eigenvalue weighted by Gasteiger charge is -2.15. The lowest BCUT2D eigenvalue weighted by molar-refractivity contribution is 0.336. The van der Waals surface area contributed by atoms with E-state index in [1.165, 1.54) is 22.7 Å². The van der Waals surface area contributed by atoms with E-state index in [0.29, 0.717) is 11.4 Å². The molecule has 3 aromatic rings. The second-order valence-electron chi connectivity index (χ2n) is 5.13. The summed E-state index contributed by atoms with van der Waals surface area (Å²) in [6.45, 7) is 0.0364. The van der Waals surface area contributed by atoms with Crippen LogP contribution in [-0.2, 0) is 22.3 Å². The molecular formula is C15H14BrN3O3S2. The van der Waals surface area contributed by atoms with Crippen molar-refractivity contribution in [2.45, 2.75) is 12.3 Å². The lowest BCUT2D eigenvalue weighted by atomic mass is 10.2. The van der Waals surface area contributed by atoms with Gasteiger partial charge in [0.25, 0.3) is 0 Å². The highest BCUT2D eigenvalue weighted by molar-refractivity contribution is 9.10. The van der Waals surface area contributed by atoms with E-state index < -0.39 is 10.0 Å². The van der Waals surface area contributed by atoms with Crippen molar-refractivity contribution in [1.82, 2.24) is 14.4 Å². The summed E-state index contributed by atoms with van der Waals surface area (Å²) in [7, 11) is -1.98. The molecule has 0 radical (unpaired) electrons. The Labute approximate surface area is 152 Å². The number of aromatic nitrogens is 2. The van der Waals surface area contributed by atoms with Gasteiger partial charge in [0.2, 0.25) is 21.7 Å². The molecule has 2 aromatic heterocycles. The number of hydrogen-bond acceptors (Lipinski definition) is 6. The Morgan fingerprint density at radius 1 is 1.29 bits per heavy atom. The van der Waals surface area contributed by atoms with Gasteiger partial charge in [0, 0.05) is 11.5 Å². The van der Waals surface area contributed by atoms with Crippen molar-refractivity contribution in [2.24, 2.45) is 0 Å². The van der Waals surface area contributed by atoms with Crippen LogP contribution in [0.3, 0.4) is 0 Å². The molecule has 2 heterocycles. The summed E-state index contributed by atoms with van der Waals surface area (Å²) in [6.07, 6.45) is 0. The van der Waals surface area contributed by atoms with Crippen molar-refractivity contribution in [3.8, 4) is 10.7 Å². The van der Waals surface area contributed by atoms with E-state index in [0.717, 1.165) is 9.35 Å². The van der Waals surface area contributed by atoms with Gasteiger partial charge >= 0.3 is 0 Å². The normalized spacial score (nSPS) is 12.0. The fraction of sp³-hybridized carbons (Fsp3) is 0.200. The first-order valence-corrected chi connectivity index (χ1v) is 10.3. The first-order valence-electron chi connectivity index (χ1n) is 6.99. The number of halogens is 1. The molecule has 0 spiro atoms. The van der Waals surface area contributed by atoms with E-state index in [1.54, 1.807) is 18.2 Å². The molecule has 0 saturated heterocycles. The quantitative estimate of drug-likeness (QED) is 0.601. The molecule has 0 aliphatic rings. The molecule has 0 saturated carbocycles. The third-order valence-corrected chi connectivity index (χ3v) is 6.42. The molecule has 1 aromatic carbocycles. The molecule has 0 fully saturated rings. The molecule has 0 N–H and O–H groups in total. The highest BCUT2D eigenvalue weighted by atomic mass is 79.9. The van der Waals surface area contributed by atoms with Gasteiger partial charge in [-0.3, -0.25) is 0 Å². The fourth-order valence-electron chi connectivity index (χ4n) is 2.06. The topological polar surface area (TPSA) is 76.3 Å². The van der Waals surface area contributed by atoms with Gasteiger partial charge in [-0.2, -0.15) is 9.29 Å². The van der Waals surface area contributed by atoms with E-state index in [1.807, 2.05) is 23.6 Å². The SMILES string of the molecule is CN(Cc1nc(-c2cccs2)no1)S(=O)(=O)Cc1cccc(Br)c1. The number of benzene rings is 1. The average molecular weight is 428 g/mol. The van der Waals surface area contributed by atoms with Crippen LogP contribution in [0.4, 0.5) is 0 Å². The molecule has 0 atom stereocenters. The molecule has 6 nitrogen and oxygen atoms in total. The zero-order valence-corrected chi connectivity index (χ0v) is 15.9. The summed E-state index contributed by atoms with van der Waals surface area (Å²) < 4.78 is 32.2. The fourth-order valence-corrected chi connectivity index (χ4v) is 4.29. The predicted octanol–water partition coefficient (Wildman–Crippen LogP) is 3.52. The molecule has 0 bridgehead atoms. The Balaban J connectivity index is 1.70. The minimum Gasteiger partial charge on any atom is -0.337 e. The van der Waals surface area contributed by atoms with Crippen molar-refractivity contribution in [1.29, 1.82) is 0 Å². The summed E-state index contributed by atoms with van der Waals surface area (Å²) in [4.78, 5) is 5.13. The van der Waals surface area contributed by atoms with Gasteiger partial charge in [0.1, 0.15) is 0 Å². The third kappa shape index (κ3) is 4.10. The van der Waals surface area contributed by atoms with Crippen molar-refractivity contribution in [2.75, 3.05) is 7.05 Å². The first-order chi connectivity index (χ1) is 11.4. The summed E-state index contributed by atoms with van der Waals surface area (Å²) >= 11 is 4.84. The largest absolute Gasteiger partial charge is 0.337 e. The molecule has 0 unspecified atom stereocenters. The molecule has 9 heteroatoms. The molecule has 126 valence electrons. The van der Waals surface area contributed by atoms with Gasteiger partial charge in [-0.1, -0.05) is 39.3 Å². The Morgan fingerprint density at radius 2 is 2.12 bits per heavy atom. The smallest absolute Gasteiger partial charge is 0.242 e. The number of nitrogens with zero attached hydrogens (tertiary/aromatic N) is 3. The van der Waals surface area contributed by atoms with E-state index >= 15 is 0 Å². The molecule has 0 amide bonds. The number of thiophene rings is 1. The zero-order valence-electron chi connectivity index (χ0n) is 12.7. The standard InChI is InChI=1S/C15H14BrN3O3S2/c1-19(24(20,21)10-11-4-2-5-12(16)8-11)9-14-17-15(18-22-14)13-6-3-7-23-13/h2-8H,9-10H2,1H3. The van der Waals surface area contributed by atoms with Crippen molar-refractivity contribution >= 4 is 37.3 Å². The van der Waals surface area contributed by atoms with Crippen molar-refractivity contribution in [3.63, 3.8) is 0 Å². The van der Waals surface area contributed by atoms with Gasteiger partial charge in [0.05, 0.1) is 17.2 Å². The highest BCUT2D eigenvalue weighted by Crippen LogP contribution is 2.22. The van der Waals surface area contributed by atoms with Crippen LogP contribution in [0.2, 0.25) is 0 Å². The van der Waals surface area contributed by atoms with E-state index in [2.05, 4.69) is 26.1 Å². The molecule has 24 heavy (non-hydrogen) atoms. The Bertz CT molecular complexity index is 923. The van der Waals surface area contributed by atoms with Gasteiger partial charge in [-0.25, -0.2) is 8.42 Å². The van der Waals surface area contributed by atoms with Crippen molar-refractivity contribution < 1.29 is 12.9 Å². The summed E-state index contributed by atoms with van der Waals surface area (Å²) in [6, 6.07) is 11.0. The van der Waals surface area contributed by atoms with Crippen LogP contribution in [0, 0.1) is 0 Å². The monoisotopic (exact) mass is 427 g/mol. The van der Waals surface area contributed by atoms with Crippen LogP contribution < -0.4 is 0 Å². The Morgan fingerprint density at radius 3 is 2.83 bits per heavy atom. The Hall–Kier alpha value is -1.55. The van der Waals surface area contributed by atoms with Crippen molar-refractivity contribution in [3.05, 3.63) is 57.7 Å². The lowest BCUT2D eigenvalue weighted by Crippen LogP contribution is -2.27. The van der Waals surface area contributed by atoms with Gasteiger partial charge in [-0.05, 0) is 29.1 Å². The van der Waals surface area contributed by atoms with Crippen LogP contribution in [0.15, 0.2) is 50.8 Å². The zero-order chi connectivity index (χ0) is 17.2. The molecule has 0 aliphatic heterocycles. The van der Waals surface area contributed by atoms with Gasteiger partial charge in [0.15, 0.2) is 0 Å². The maximum absolute atomic E-state index is 12.5. The van der Waals surface area contributed by atoms with E-state index in [-0.39, 0.29) is 18.2 Å². The highest BCUT2D eigenvalue weighted by Gasteiger charge is 2.21. The first kappa shape index (κ1) is 17.3. The van der Waals surface area contributed by atoms with Gasteiger partial charge in [-0.15, -0.1) is 11.3 Å². The minimum atomic E-state index is -3.49. The number of sulfonamides is 1. The summed E-state index contributed by atoms with van der Waals surface area (Å²) in [5.41, 5.74) is 0.709. The van der Waals surface area contributed by atoms with Crippen LogP contribution in [0.25, 0.3) is 10.7 Å². The minimum absolute atomic E-state index is 0.0364. The second kappa shape index (κ2) is 7.14. The number of rotatable bonds is 6. The average Bonchev–Trinajstić information content (AvgIpc) is 3.17. The van der Waals surface area contributed by atoms with Gasteiger partial charge < -0.3 is 4.52 Å². The molecule has 3 rings (SSSR count). The maximum atomic E-state index is 12.5.